The van der Waals surface area contributed by atoms with Gasteiger partial charge in [0.05, 0.1) is 19.3 Å². The van der Waals surface area contributed by atoms with Gasteiger partial charge >= 0.3 is 37.0 Å². The normalized spacial score (nSPS) is 11.9. The summed E-state index contributed by atoms with van der Waals surface area (Å²) in [5.41, 5.74) is -0.184. The fraction of sp³-hybridized carbons (Fsp3) is 0.346. The molecule has 0 aromatic heterocycles. The van der Waals surface area contributed by atoms with Crippen molar-refractivity contribution in [3.8, 4) is 11.5 Å². The van der Waals surface area contributed by atoms with E-state index in [1.165, 1.54) is 24.3 Å². The van der Waals surface area contributed by atoms with E-state index >= 15 is 0 Å². The Balaban J connectivity index is 0.000000420. The predicted octanol–water partition coefficient (Wildman–Crippen LogP) is 6.44. The molecule has 2 aromatic rings. The van der Waals surface area contributed by atoms with Crippen molar-refractivity contribution in [1.82, 2.24) is 0 Å². The van der Waals surface area contributed by atoms with E-state index in [-0.39, 0.29) is 24.3 Å². The molecule has 0 radical (unpaired) electrons. The molecule has 0 aliphatic heterocycles. The van der Waals surface area contributed by atoms with Crippen LogP contribution in [-0.2, 0) is 19.1 Å². The first-order valence-electron chi connectivity index (χ1n) is 11.7. The number of aliphatic hydroxyl groups excluding tert-OH is 1. The van der Waals surface area contributed by atoms with Gasteiger partial charge in [0.1, 0.15) is 23.7 Å². The smallest absolute Gasteiger partial charge is 0.461 e. The minimum atomic E-state index is -4.66. The number of benzene rings is 2. The third-order valence-electron chi connectivity index (χ3n) is 4.45. The second-order valence-corrected chi connectivity index (χ2v) is 7.67. The van der Waals surface area contributed by atoms with Crippen LogP contribution in [0.3, 0.4) is 0 Å². The molecule has 0 unspecified atom stereocenters. The molecule has 0 saturated heterocycles. The topological polar surface area (TPSA) is 108 Å². The number of halogens is 8. The molecule has 0 atom stereocenters. The number of hydrogen-bond acceptors (Lipinski definition) is 8. The monoisotopic (exact) mass is 616 g/mol. The highest BCUT2D eigenvalue weighted by Gasteiger charge is 2.44. The lowest BCUT2D eigenvalue weighted by molar-refractivity contribution is -0.253. The highest BCUT2D eigenvalue weighted by atomic mass is 19.3. The highest BCUT2D eigenvalue weighted by Crippen LogP contribution is 2.29. The molecule has 0 spiro atoms. The zero-order valence-corrected chi connectivity index (χ0v) is 21.8. The van der Waals surface area contributed by atoms with Crippen molar-refractivity contribution < 1.29 is 73.6 Å². The zero-order chi connectivity index (χ0) is 32.1. The molecule has 1 N–H and O–H groups in total. The van der Waals surface area contributed by atoms with Crippen molar-refractivity contribution in [1.29, 1.82) is 0 Å². The van der Waals surface area contributed by atoms with Gasteiger partial charge in [-0.1, -0.05) is 24.3 Å². The number of ether oxygens (including phenoxy) is 4. The van der Waals surface area contributed by atoms with E-state index in [9.17, 15) is 54.6 Å². The number of alkyl halides is 8. The first-order chi connectivity index (χ1) is 19.5. The lowest BCUT2D eigenvalue weighted by Gasteiger charge is -2.17. The predicted molar refractivity (Wildman–Crippen MR) is 129 cm³/mol. The fourth-order valence-electron chi connectivity index (χ4n) is 2.68. The van der Waals surface area contributed by atoms with Crippen LogP contribution in [0.15, 0.2) is 54.6 Å². The first-order valence-corrected chi connectivity index (χ1v) is 11.7. The summed E-state index contributed by atoms with van der Waals surface area (Å²) in [6.45, 7) is 3.30. The molecule has 232 valence electrons. The van der Waals surface area contributed by atoms with Crippen LogP contribution in [0.25, 0.3) is 5.76 Å². The molecule has 0 amide bonds. The summed E-state index contributed by atoms with van der Waals surface area (Å²) in [7, 11) is 0. The highest BCUT2D eigenvalue weighted by molar-refractivity contribution is 6.06. The number of carbonyl (C=O) groups is 3. The van der Waals surface area contributed by atoms with Crippen molar-refractivity contribution in [3.63, 3.8) is 0 Å². The van der Waals surface area contributed by atoms with Crippen LogP contribution in [0.4, 0.5) is 35.1 Å². The van der Waals surface area contributed by atoms with Gasteiger partial charge in [0, 0.05) is 11.1 Å². The maximum Gasteiger partial charge on any atom is 0.461 e. The number of ketones is 1. The van der Waals surface area contributed by atoms with E-state index in [0.29, 0.717) is 0 Å². The minimum absolute atomic E-state index is 0.0642. The molecule has 2 aromatic carbocycles. The van der Waals surface area contributed by atoms with E-state index in [2.05, 4.69) is 18.9 Å². The van der Waals surface area contributed by atoms with E-state index in [0.717, 1.165) is 30.3 Å². The Hall–Kier alpha value is -4.37. The molecule has 16 heteroatoms. The van der Waals surface area contributed by atoms with Gasteiger partial charge < -0.3 is 24.1 Å². The van der Waals surface area contributed by atoms with Gasteiger partial charge in [-0.15, -0.1) is 0 Å². The summed E-state index contributed by atoms with van der Waals surface area (Å²) in [5.74, 6) is -4.05. The number of hydrogen-bond donors (Lipinski definition) is 1. The van der Waals surface area contributed by atoms with Crippen LogP contribution in [0, 0.1) is 0 Å². The molecule has 2 rings (SSSR count). The lowest BCUT2D eigenvalue weighted by atomic mass is 10.1. The SMILES string of the molecule is CCOC(=O)C=C(O)c1cccc(OC(F)(F)C(F)F)c1.CCOC(=O)CC(=O)c1cccc(OC(F)(F)C(F)F)c1. The van der Waals surface area contributed by atoms with Crippen LogP contribution < -0.4 is 9.47 Å². The van der Waals surface area contributed by atoms with Gasteiger partial charge in [0.2, 0.25) is 0 Å². The number of rotatable bonds is 13. The lowest BCUT2D eigenvalue weighted by Crippen LogP contribution is -2.33. The van der Waals surface area contributed by atoms with Crippen molar-refractivity contribution in [2.24, 2.45) is 0 Å². The second kappa shape index (κ2) is 16.2. The Kier molecular flexibility index (Phi) is 13.7. The minimum Gasteiger partial charge on any atom is -0.507 e. The quantitative estimate of drug-likeness (QED) is 0.0684. The van der Waals surface area contributed by atoms with E-state index in [1.807, 2.05) is 0 Å². The Morgan fingerprint density at radius 3 is 1.69 bits per heavy atom. The summed E-state index contributed by atoms with van der Waals surface area (Å²) in [6, 6.07) is 8.65. The van der Waals surface area contributed by atoms with E-state index < -0.39 is 66.5 Å². The Bertz CT molecular complexity index is 1230. The van der Waals surface area contributed by atoms with Crippen LogP contribution in [0.1, 0.15) is 36.2 Å². The molecule has 0 fully saturated rings. The van der Waals surface area contributed by atoms with E-state index in [1.54, 1.807) is 13.8 Å². The fourth-order valence-corrected chi connectivity index (χ4v) is 2.68. The third kappa shape index (κ3) is 12.0. The average molecular weight is 616 g/mol. The molecule has 42 heavy (non-hydrogen) atoms. The standard InChI is InChI=1S/2C13H12F4O4/c2*1-2-20-11(19)7-10(18)8-4-3-5-9(6-8)21-13(16,17)12(14)15/h3-6,12H,2,7H2,1H3;3-7,12,18H,2H2,1H3. The van der Waals surface area contributed by atoms with Gasteiger partial charge in [0.15, 0.2) is 5.78 Å². The maximum atomic E-state index is 12.8. The largest absolute Gasteiger partial charge is 0.507 e. The third-order valence-corrected chi connectivity index (χ3v) is 4.45. The first kappa shape index (κ1) is 35.7. The van der Waals surface area contributed by atoms with Gasteiger partial charge in [-0.25, -0.2) is 4.79 Å². The van der Waals surface area contributed by atoms with Gasteiger partial charge in [0.25, 0.3) is 0 Å². The number of carbonyl (C=O) groups excluding carboxylic acids is 3. The molecular formula is C26H24F8O8. The molecule has 0 saturated carbocycles. The number of aliphatic hydroxyl groups is 1. The Morgan fingerprint density at radius 1 is 0.786 bits per heavy atom. The Morgan fingerprint density at radius 2 is 1.24 bits per heavy atom. The van der Waals surface area contributed by atoms with Crippen LogP contribution >= 0.6 is 0 Å². The Labute approximate surface area is 233 Å². The average Bonchev–Trinajstić information content (AvgIpc) is 2.89. The molecule has 0 bridgehead atoms. The maximum absolute atomic E-state index is 12.8. The van der Waals surface area contributed by atoms with Gasteiger partial charge in [-0.3, -0.25) is 9.59 Å². The van der Waals surface area contributed by atoms with E-state index in [4.69, 9.17) is 0 Å². The van der Waals surface area contributed by atoms with Gasteiger partial charge in [-0.2, -0.15) is 35.1 Å². The number of Topliss-reactive ketones (excluding diaryl/α,β-unsaturated/α-hetero) is 1. The van der Waals surface area contributed by atoms with Crippen molar-refractivity contribution in [2.75, 3.05) is 13.2 Å². The zero-order valence-electron chi connectivity index (χ0n) is 21.8. The molecule has 8 nitrogen and oxygen atoms in total. The van der Waals surface area contributed by atoms with Crippen molar-refractivity contribution in [3.05, 3.63) is 65.7 Å². The molecule has 0 aliphatic carbocycles. The van der Waals surface area contributed by atoms with Crippen LogP contribution in [0.5, 0.6) is 11.5 Å². The summed E-state index contributed by atoms with van der Waals surface area (Å²) in [6.07, 6.45) is -17.2. The van der Waals surface area contributed by atoms with Crippen LogP contribution in [0.2, 0.25) is 0 Å². The van der Waals surface area contributed by atoms with Crippen molar-refractivity contribution >= 4 is 23.5 Å². The molecule has 0 aliphatic rings. The molecule has 0 heterocycles. The van der Waals surface area contributed by atoms with Gasteiger partial charge in [-0.05, 0) is 38.1 Å². The second-order valence-electron chi connectivity index (χ2n) is 7.67. The summed E-state index contributed by atoms with van der Waals surface area (Å²) in [4.78, 5) is 33.9. The summed E-state index contributed by atoms with van der Waals surface area (Å²) < 4.78 is 116. The summed E-state index contributed by atoms with van der Waals surface area (Å²) >= 11 is 0. The van der Waals surface area contributed by atoms with Crippen molar-refractivity contribution in [2.45, 2.75) is 45.3 Å². The van der Waals surface area contributed by atoms with Crippen LogP contribution in [-0.4, -0.2) is 61.1 Å². The summed E-state index contributed by atoms with van der Waals surface area (Å²) in [5, 5.41) is 9.62. The molecular weight excluding hydrogens is 592 g/mol. The number of esters is 2.